The van der Waals surface area contributed by atoms with E-state index in [-0.39, 0.29) is 22.3 Å². The molecule has 0 spiro atoms. The van der Waals surface area contributed by atoms with Crippen molar-refractivity contribution in [2.45, 2.75) is 38.1 Å². The maximum atomic E-state index is 13.0. The van der Waals surface area contributed by atoms with Crippen LogP contribution in [0, 0.1) is 4.77 Å². The van der Waals surface area contributed by atoms with Crippen LogP contribution in [-0.4, -0.2) is 28.6 Å². The highest BCUT2D eigenvalue weighted by Gasteiger charge is 2.17. The zero-order chi connectivity index (χ0) is 20.4. The fourth-order valence-corrected chi connectivity index (χ4v) is 4.14. The number of carbonyl (C=O) groups is 1. The van der Waals surface area contributed by atoms with E-state index in [2.05, 4.69) is 10.3 Å². The number of amides is 1. The van der Waals surface area contributed by atoms with Crippen molar-refractivity contribution in [1.82, 2.24) is 14.9 Å². The number of aromatic amines is 1. The van der Waals surface area contributed by atoms with E-state index < -0.39 is 0 Å². The Bertz CT molecular complexity index is 1160. The highest BCUT2D eigenvalue weighted by molar-refractivity contribution is 7.71. The normalized spacial score (nSPS) is 14.7. The van der Waals surface area contributed by atoms with Gasteiger partial charge in [0.15, 0.2) is 4.77 Å². The van der Waals surface area contributed by atoms with Gasteiger partial charge in [0.25, 0.3) is 11.5 Å². The molecule has 1 saturated carbocycles. The van der Waals surface area contributed by atoms with Gasteiger partial charge in [-0.25, -0.2) is 0 Å². The molecule has 1 amide bonds. The summed E-state index contributed by atoms with van der Waals surface area (Å²) in [5.74, 6) is 0.587. The van der Waals surface area contributed by atoms with Crippen LogP contribution in [0.2, 0.25) is 0 Å². The topological polar surface area (TPSA) is 76.1 Å². The number of hydrogen-bond acceptors (Lipinski definition) is 4. The minimum Gasteiger partial charge on any atom is -0.497 e. The van der Waals surface area contributed by atoms with Gasteiger partial charge in [-0.15, -0.1) is 0 Å². The SMILES string of the molecule is COc1ccc(-n2c(=S)[nH]c3cc(C(=O)NC4CCCCC4)ccc3c2=O)cc1. The third kappa shape index (κ3) is 3.96. The molecule has 1 heterocycles. The van der Waals surface area contributed by atoms with E-state index in [9.17, 15) is 9.59 Å². The number of aromatic nitrogens is 2. The van der Waals surface area contributed by atoms with Gasteiger partial charge in [-0.1, -0.05) is 19.3 Å². The fourth-order valence-electron chi connectivity index (χ4n) is 3.84. The van der Waals surface area contributed by atoms with Gasteiger partial charge >= 0.3 is 0 Å². The molecular weight excluding hydrogens is 386 g/mol. The summed E-state index contributed by atoms with van der Waals surface area (Å²) < 4.78 is 6.89. The van der Waals surface area contributed by atoms with Crippen molar-refractivity contribution in [2.75, 3.05) is 7.11 Å². The molecule has 6 nitrogen and oxygen atoms in total. The van der Waals surface area contributed by atoms with Gasteiger partial charge in [0.1, 0.15) is 5.75 Å². The highest BCUT2D eigenvalue weighted by atomic mass is 32.1. The molecule has 7 heteroatoms. The minimum atomic E-state index is -0.229. The number of ether oxygens (including phenoxy) is 1. The maximum absolute atomic E-state index is 13.0. The van der Waals surface area contributed by atoms with E-state index in [1.165, 1.54) is 11.0 Å². The van der Waals surface area contributed by atoms with Crippen LogP contribution in [0.1, 0.15) is 42.5 Å². The number of fused-ring (bicyclic) bond motifs is 1. The molecule has 0 bridgehead atoms. The maximum Gasteiger partial charge on any atom is 0.266 e. The van der Waals surface area contributed by atoms with Crippen LogP contribution in [-0.2, 0) is 0 Å². The Morgan fingerprint density at radius 2 is 1.86 bits per heavy atom. The number of benzene rings is 2. The van der Waals surface area contributed by atoms with Crippen LogP contribution in [0.15, 0.2) is 47.3 Å². The summed E-state index contributed by atoms with van der Waals surface area (Å²) in [4.78, 5) is 28.8. The van der Waals surface area contributed by atoms with Gasteiger partial charge in [0.2, 0.25) is 0 Å². The quantitative estimate of drug-likeness (QED) is 0.636. The number of nitrogens with zero attached hydrogens (tertiary/aromatic N) is 1. The summed E-state index contributed by atoms with van der Waals surface area (Å²) in [6, 6.07) is 12.4. The molecule has 0 saturated heterocycles. The first-order valence-electron chi connectivity index (χ1n) is 9.81. The van der Waals surface area contributed by atoms with Gasteiger partial charge in [0.05, 0.1) is 23.7 Å². The third-order valence-electron chi connectivity index (χ3n) is 5.43. The zero-order valence-corrected chi connectivity index (χ0v) is 17.1. The van der Waals surface area contributed by atoms with Crippen LogP contribution in [0.4, 0.5) is 0 Å². The smallest absolute Gasteiger partial charge is 0.266 e. The van der Waals surface area contributed by atoms with Crippen molar-refractivity contribution >= 4 is 29.0 Å². The molecule has 0 aliphatic heterocycles. The summed E-state index contributed by atoms with van der Waals surface area (Å²) in [6.07, 6.45) is 5.59. The standard InChI is InChI=1S/C22H23N3O3S/c1-28-17-10-8-16(9-11-17)25-21(27)18-12-7-14(13-19(18)24-22(25)29)20(26)23-15-5-3-2-4-6-15/h7-13,15H,2-6H2,1H3,(H,23,26)(H,24,29). The van der Waals surface area contributed by atoms with Crippen molar-refractivity contribution in [1.29, 1.82) is 0 Å². The van der Waals surface area contributed by atoms with E-state index >= 15 is 0 Å². The summed E-state index contributed by atoms with van der Waals surface area (Å²) in [5.41, 5.74) is 1.50. The second-order valence-electron chi connectivity index (χ2n) is 7.34. The average Bonchev–Trinajstić information content (AvgIpc) is 2.74. The molecule has 1 aromatic heterocycles. The molecule has 1 aliphatic rings. The van der Waals surface area contributed by atoms with Gasteiger partial charge in [-0.05, 0) is 67.5 Å². The monoisotopic (exact) mass is 409 g/mol. The Morgan fingerprint density at radius 1 is 1.14 bits per heavy atom. The number of hydrogen-bond donors (Lipinski definition) is 2. The van der Waals surface area contributed by atoms with E-state index in [4.69, 9.17) is 17.0 Å². The van der Waals surface area contributed by atoms with E-state index in [1.54, 1.807) is 49.6 Å². The first kappa shape index (κ1) is 19.4. The second-order valence-corrected chi connectivity index (χ2v) is 7.72. The minimum absolute atomic E-state index is 0.113. The lowest BCUT2D eigenvalue weighted by Crippen LogP contribution is -2.36. The molecule has 2 N–H and O–H groups in total. The average molecular weight is 410 g/mol. The molecular formula is C22H23N3O3S. The van der Waals surface area contributed by atoms with Crippen LogP contribution in [0.3, 0.4) is 0 Å². The molecule has 3 aromatic rings. The largest absolute Gasteiger partial charge is 0.497 e. The molecule has 150 valence electrons. The zero-order valence-electron chi connectivity index (χ0n) is 16.2. The van der Waals surface area contributed by atoms with Crippen LogP contribution in [0.5, 0.6) is 5.75 Å². The predicted molar refractivity (Wildman–Crippen MR) is 116 cm³/mol. The Hall–Kier alpha value is -2.93. The number of carbonyl (C=O) groups excluding carboxylic acids is 1. The van der Waals surface area contributed by atoms with E-state index in [1.807, 2.05) is 0 Å². The molecule has 29 heavy (non-hydrogen) atoms. The van der Waals surface area contributed by atoms with Crippen molar-refractivity contribution in [2.24, 2.45) is 0 Å². The summed E-state index contributed by atoms with van der Waals surface area (Å²) in [5, 5.41) is 3.58. The highest BCUT2D eigenvalue weighted by Crippen LogP contribution is 2.19. The van der Waals surface area contributed by atoms with Crippen LogP contribution < -0.4 is 15.6 Å². The Balaban J connectivity index is 1.68. The number of rotatable bonds is 4. The third-order valence-corrected chi connectivity index (χ3v) is 5.72. The number of methoxy groups -OCH3 is 1. The van der Waals surface area contributed by atoms with Crippen LogP contribution in [0.25, 0.3) is 16.6 Å². The van der Waals surface area contributed by atoms with Crippen molar-refractivity contribution in [3.8, 4) is 11.4 Å². The summed E-state index contributed by atoms with van der Waals surface area (Å²) >= 11 is 5.43. The Kier molecular flexibility index (Phi) is 5.49. The molecule has 0 atom stereocenters. The first-order chi connectivity index (χ1) is 14.1. The van der Waals surface area contributed by atoms with Crippen molar-refractivity contribution in [3.63, 3.8) is 0 Å². The Labute approximate surface area is 173 Å². The van der Waals surface area contributed by atoms with E-state index in [0.29, 0.717) is 27.9 Å². The van der Waals surface area contributed by atoms with Gasteiger partial charge in [-0.2, -0.15) is 0 Å². The van der Waals surface area contributed by atoms with Crippen molar-refractivity contribution in [3.05, 3.63) is 63.2 Å². The number of H-pyrrole nitrogens is 1. The lowest BCUT2D eigenvalue weighted by atomic mass is 9.95. The lowest BCUT2D eigenvalue weighted by Gasteiger charge is -2.22. The Morgan fingerprint density at radius 3 is 2.55 bits per heavy atom. The molecule has 4 rings (SSSR count). The molecule has 2 aromatic carbocycles. The molecule has 0 unspecified atom stereocenters. The summed E-state index contributed by atoms with van der Waals surface area (Å²) in [6.45, 7) is 0. The van der Waals surface area contributed by atoms with Gasteiger partial charge in [0, 0.05) is 11.6 Å². The molecule has 0 radical (unpaired) electrons. The van der Waals surface area contributed by atoms with Crippen molar-refractivity contribution < 1.29 is 9.53 Å². The second kappa shape index (κ2) is 8.21. The van der Waals surface area contributed by atoms with Crippen LogP contribution >= 0.6 is 12.2 Å². The first-order valence-corrected chi connectivity index (χ1v) is 10.2. The summed E-state index contributed by atoms with van der Waals surface area (Å²) in [7, 11) is 1.59. The van der Waals surface area contributed by atoms with Gasteiger partial charge < -0.3 is 15.0 Å². The molecule has 1 fully saturated rings. The number of nitrogens with one attached hydrogen (secondary N) is 2. The predicted octanol–water partition coefficient (Wildman–Crippen LogP) is 4.12. The molecule has 1 aliphatic carbocycles. The fraction of sp³-hybridized carbons (Fsp3) is 0.318. The van der Waals surface area contributed by atoms with E-state index in [0.717, 1.165) is 25.7 Å². The lowest BCUT2D eigenvalue weighted by molar-refractivity contribution is 0.0928. The van der Waals surface area contributed by atoms with Gasteiger partial charge in [-0.3, -0.25) is 14.2 Å².